The Bertz CT molecular complexity index is 468. The van der Waals surface area contributed by atoms with Crippen LogP contribution in [0, 0.1) is 6.92 Å². The van der Waals surface area contributed by atoms with Gasteiger partial charge in [-0.3, -0.25) is 0 Å². The molecule has 0 saturated heterocycles. The van der Waals surface area contributed by atoms with Crippen LogP contribution in [0.15, 0.2) is 0 Å². The van der Waals surface area contributed by atoms with Crippen molar-refractivity contribution in [1.29, 1.82) is 0 Å². The van der Waals surface area contributed by atoms with Gasteiger partial charge in [0.1, 0.15) is 17.5 Å². The summed E-state index contributed by atoms with van der Waals surface area (Å²) in [6, 6.07) is 0.405. The fraction of sp³-hybridized carbons (Fsp3) is 0.750. The average molecular weight is 291 g/mol. The lowest BCUT2D eigenvalue weighted by Crippen LogP contribution is -2.24. The van der Waals surface area contributed by atoms with E-state index in [2.05, 4.69) is 50.4 Å². The van der Waals surface area contributed by atoms with Crippen LogP contribution >= 0.6 is 0 Å². The minimum absolute atomic E-state index is 0.405. The SMILES string of the molecule is CCNc1nc(C2CC2)nc(NC(C)CCN(C)C)c1C. The molecule has 1 aromatic rings. The molecule has 1 aromatic heterocycles. The Balaban J connectivity index is 2.12. The fourth-order valence-electron chi connectivity index (χ4n) is 2.30. The molecule has 1 aliphatic rings. The van der Waals surface area contributed by atoms with Gasteiger partial charge in [0.2, 0.25) is 0 Å². The fourth-order valence-corrected chi connectivity index (χ4v) is 2.30. The zero-order valence-corrected chi connectivity index (χ0v) is 14.0. The lowest BCUT2D eigenvalue weighted by molar-refractivity contribution is 0.390. The van der Waals surface area contributed by atoms with Gasteiger partial charge in [-0.1, -0.05) is 0 Å². The number of hydrogen-bond acceptors (Lipinski definition) is 5. The topological polar surface area (TPSA) is 53.1 Å². The number of rotatable bonds is 8. The second kappa shape index (κ2) is 7.07. The normalized spacial score (nSPS) is 16.1. The highest BCUT2D eigenvalue weighted by atomic mass is 15.1. The number of nitrogens with zero attached hydrogens (tertiary/aromatic N) is 3. The molecule has 1 heterocycles. The van der Waals surface area contributed by atoms with Crippen molar-refractivity contribution in [3.63, 3.8) is 0 Å². The predicted octanol–water partition coefficient (Wildman–Crippen LogP) is 2.85. The van der Waals surface area contributed by atoms with Crippen molar-refractivity contribution >= 4 is 11.6 Å². The van der Waals surface area contributed by atoms with Crippen LogP contribution in [0.3, 0.4) is 0 Å². The molecule has 0 bridgehead atoms. The lowest BCUT2D eigenvalue weighted by atomic mass is 10.2. The highest BCUT2D eigenvalue weighted by Gasteiger charge is 2.28. The second-order valence-electron chi connectivity index (χ2n) is 6.35. The molecule has 21 heavy (non-hydrogen) atoms. The minimum atomic E-state index is 0.405. The Morgan fingerprint density at radius 1 is 1.24 bits per heavy atom. The third-order valence-electron chi connectivity index (χ3n) is 3.84. The Labute approximate surface area is 128 Å². The second-order valence-corrected chi connectivity index (χ2v) is 6.35. The van der Waals surface area contributed by atoms with Crippen LogP contribution in [0.1, 0.15) is 50.4 Å². The van der Waals surface area contributed by atoms with Gasteiger partial charge in [0.15, 0.2) is 0 Å². The van der Waals surface area contributed by atoms with Crippen LogP contribution in [-0.4, -0.2) is 48.1 Å². The summed E-state index contributed by atoms with van der Waals surface area (Å²) in [5, 5.41) is 6.93. The minimum Gasteiger partial charge on any atom is -0.370 e. The van der Waals surface area contributed by atoms with E-state index in [4.69, 9.17) is 9.97 Å². The molecule has 118 valence electrons. The van der Waals surface area contributed by atoms with Crippen molar-refractivity contribution in [2.24, 2.45) is 0 Å². The maximum Gasteiger partial charge on any atom is 0.136 e. The number of hydrogen-bond donors (Lipinski definition) is 2. The van der Waals surface area contributed by atoms with Gasteiger partial charge < -0.3 is 15.5 Å². The molecular weight excluding hydrogens is 262 g/mol. The zero-order valence-electron chi connectivity index (χ0n) is 14.0. The van der Waals surface area contributed by atoms with Gasteiger partial charge >= 0.3 is 0 Å². The summed E-state index contributed by atoms with van der Waals surface area (Å²) in [6.45, 7) is 8.38. The molecule has 1 fully saturated rings. The van der Waals surface area contributed by atoms with Crippen LogP contribution in [0.2, 0.25) is 0 Å². The molecule has 1 unspecified atom stereocenters. The summed E-state index contributed by atoms with van der Waals surface area (Å²) in [7, 11) is 4.22. The van der Waals surface area contributed by atoms with E-state index in [0.717, 1.165) is 42.5 Å². The maximum atomic E-state index is 4.77. The third-order valence-corrected chi connectivity index (χ3v) is 3.84. The van der Waals surface area contributed by atoms with Crippen LogP contribution < -0.4 is 10.6 Å². The summed E-state index contributed by atoms with van der Waals surface area (Å²) in [4.78, 5) is 11.7. The molecule has 1 aliphatic carbocycles. The van der Waals surface area contributed by atoms with E-state index < -0.39 is 0 Å². The van der Waals surface area contributed by atoms with E-state index in [1.54, 1.807) is 0 Å². The van der Waals surface area contributed by atoms with Crippen molar-refractivity contribution in [2.75, 3.05) is 37.8 Å². The highest BCUT2D eigenvalue weighted by molar-refractivity contribution is 5.58. The highest BCUT2D eigenvalue weighted by Crippen LogP contribution is 2.39. The van der Waals surface area contributed by atoms with Gasteiger partial charge in [0, 0.05) is 24.1 Å². The number of aromatic nitrogens is 2. The predicted molar refractivity (Wildman–Crippen MR) is 89.2 cm³/mol. The molecule has 2 rings (SSSR count). The first-order valence-electron chi connectivity index (χ1n) is 8.05. The van der Waals surface area contributed by atoms with Crippen molar-refractivity contribution < 1.29 is 0 Å². The van der Waals surface area contributed by atoms with Gasteiger partial charge in [-0.2, -0.15) is 0 Å². The standard InChI is InChI=1S/C16H29N5/c1-6-17-14-12(3)15(18-11(2)9-10-21(4)5)20-16(19-14)13-7-8-13/h11,13H,6-10H2,1-5H3,(H2,17,18,19,20). The maximum absolute atomic E-state index is 4.77. The third kappa shape index (κ3) is 4.56. The van der Waals surface area contributed by atoms with Gasteiger partial charge in [-0.25, -0.2) is 9.97 Å². The monoisotopic (exact) mass is 291 g/mol. The van der Waals surface area contributed by atoms with Crippen LogP contribution in [0.5, 0.6) is 0 Å². The van der Waals surface area contributed by atoms with Gasteiger partial charge in [-0.05, 0) is 60.7 Å². The van der Waals surface area contributed by atoms with E-state index in [1.807, 2.05) is 0 Å². The molecule has 0 amide bonds. The summed E-state index contributed by atoms with van der Waals surface area (Å²) >= 11 is 0. The van der Waals surface area contributed by atoms with Crippen molar-refractivity contribution in [1.82, 2.24) is 14.9 Å². The summed E-state index contributed by atoms with van der Waals surface area (Å²) < 4.78 is 0. The molecule has 1 saturated carbocycles. The van der Waals surface area contributed by atoms with E-state index in [9.17, 15) is 0 Å². The van der Waals surface area contributed by atoms with Crippen molar-refractivity contribution in [2.45, 2.75) is 52.0 Å². The zero-order chi connectivity index (χ0) is 15.4. The van der Waals surface area contributed by atoms with Crippen LogP contribution in [0.4, 0.5) is 11.6 Å². The Morgan fingerprint density at radius 2 is 1.90 bits per heavy atom. The largest absolute Gasteiger partial charge is 0.370 e. The Kier molecular flexibility index (Phi) is 5.39. The molecule has 1 atom stereocenters. The van der Waals surface area contributed by atoms with Crippen LogP contribution in [-0.2, 0) is 0 Å². The van der Waals surface area contributed by atoms with E-state index in [-0.39, 0.29) is 0 Å². The van der Waals surface area contributed by atoms with Gasteiger partial charge in [-0.15, -0.1) is 0 Å². The van der Waals surface area contributed by atoms with E-state index >= 15 is 0 Å². The molecule has 5 nitrogen and oxygen atoms in total. The first kappa shape index (κ1) is 16.0. The van der Waals surface area contributed by atoms with Crippen molar-refractivity contribution in [3.05, 3.63) is 11.4 Å². The molecule has 0 spiro atoms. The first-order valence-corrected chi connectivity index (χ1v) is 8.05. The molecular formula is C16H29N5. The Hall–Kier alpha value is -1.36. The quantitative estimate of drug-likeness (QED) is 0.771. The lowest BCUT2D eigenvalue weighted by Gasteiger charge is -2.20. The summed E-state index contributed by atoms with van der Waals surface area (Å²) in [5.74, 6) is 3.55. The van der Waals surface area contributed by atoms with E-state index in [1.165, 1.54) is 12.8 Å². The van der Waals surface area contributed by atoms with Gasteiger partial charge in [0.05, 0.1) is 0 Å². The van der Waals surface area contributed by atoms with E-state index in [0.29, 0.717) is 12.0 Å². The van der Waals surface area contributed by atoms with Crippen molar-refractivity contribution in [3.8, 4) is 0 Å². The first-order chi connectivity index (χ1) is 10.0. The molecule has 0 aliphatic heterocycles. The Morgan fingerprint density at radius 3 is 2.48 bits per heavy atom. The molecule has 5 heteroatoms. The summed E-state index contributed by atoms with van der Waals surface area (Å²) in [6.07, 6.45) is 3.56. The summed E-state index contributed by atoms with van der Waals surface area (Å²) in [5.41, 5.74) is 1.12. The molecule has 0 radical (unpaired) electrons. The number of nitrogens with one attached hydrogen (secondary N) is 2. The van der Waals surface area contributed by atoms with Gasteiger partial charge in [0.25, 0.3) is 0 Å². The van der Waals surface area contributed by atoms with Crippen LogP contribution in [0.25, 0.3) is 0 Å². The smallest absolute Gasteiger partial charge is 0.136 e. The molecule has 0 aromatic carbocycles. The molecule has 2 N–H and O–H groups in total. The number of anilines is 2. The average Bonchev–Trinajstić information content (AvgIpc) is 3.25.